The molecule has 0 aromatic heterocycles. The van der Waals surface area contributed by atoms with Crippen LogP contribution in [0.3, 0.4) is 0 Å². The monoisotopic (exact) mass is 463 g/mol. The maximum Gasteiger partial charge on any atom is 0.336 e. The molecule has 0 aliphatic carbocycles. The van der Waals surface area contributed by atoms with Crippen molar-refractivity contribution in [1.82, 2.24) is 4.90 Å². The van der Waals surface area contributed by atoms with E-state index in [2.05, 4.69) is 28.8 Å². The highest BCUT2D eigenvalue weighted by Crippen LogP contribution is 2.29. The first-order chi connectivity index (χ1) is 14.7. The molecule has 0 aliphatic rings. The Balaban J connectivity index is 2.00. The summed E-state index contributed by atoms with van der Waals surface area (Å²) in [5, 5.41) is 8.42. The fourth-order valence-corrected chi connectivity index (χ4v) is 3.11. The molecule has 0 saturated carbocycles. The molecular formula is C21H26ClN5O3S. The van der Waals surface area contributed by atoms with Gasteiger partial charge < -0.3 is 16.0 Å². The van der Waals surface area contributed by atoms with Gasteiger partial charge in [0.15, 0.2) is 0 Å². The zero-order valence-electron chi connectivity index (χ0n) is 17.6. The molecule has 3 N–H and O–H groups in total. The van der Waals surface area contributed by atoms with Gasteiger partial charge in [-0.25, -0.2) is 9.10 Å². The van der Waals surface area contributed by atoms with Crippen molar-refractivity contribution in [3.8, 4) is 0 Å². The van der Waals surface area contributed by atoms with Crippen LogP contribution in [0.1, 0.15) is 20.8 Å². The Bertz CT molecular complexity index is 935. The van der Waals surface area contributed by atoms with Gasteiger partial charge in [0, 0.05) is 18.3 Å². The highest BCUT2D eigenvalue weighted by molar-refractivity contribution is 7.82. The number of carbonyl (C=O) groups excluding carboxylic acids is 3. The summed E-state index contributed by atoms with van der Waals surface area (Å²) in [6.45, 7) is 7.21. The Morgan fingerprint density at radius 2 is 1.52 bits per heavy atom. The molecule has 31 heavy (non-hydrogen) atoms. The molecule has 10 heteroatoms. The first-order valence-electron chi connectivity index (χ1n) is 9.72. The van der Waals surface area contributed by atoms with Crippen molar-refractivity contribution in [3.05, 3.63) is 47.5 Å². The van der Waals surface area contributed by atoms with Gasteiger partial charge in [-0.1, -0.05) is 38.3 Å². The SMILES string of the molecule is CCN(CC)CC(=O)Nc1ccc(N(S)C(=O)Nc2ccc(NC(C)=O)cc2)cc1Cl. The molecule has 0 unspecified atom stereocenters. The van der Waals surface area contributed by atoms with Crippen molar-refractivity contribution in [2.45, 2.75) is 20.8 Å². The summed E-state index contributed by atoms with van der Waals surface area (Å²) in [5.41, 5.74) is 2.05. The van der Waals surface area contributed by atoms with E-state index in [0.29, 0.717) is 22.7 Å². The predicted molar refractivity (Wildman–Crippen MR) is 129 cm³/mol. The predicted octanol–water partition coefficient (Wildman–Crippen LogP) is 4.46. The second kappa shape index (κ2) is 11.6. The van der Waals surface area contributed by atoms with Gasteiger partial charge in [0.25, 0.3) is 0 Å². The van der Waals surface area contributed by atoms with Gasteiger partial charge in [-0.3, -0.25) is 14.5 Å². The zero-order valence-corrected chi connectivity index (χ0v) is 19.3. The number of benzene rings is 2. The van der Waals surface area contributed by atoms with Crippen LogP contribution in [-0.4, -0.2) is 42.4 Å². The first kappa shape index (κ1) is 24.5. The van der Waals surface area contributed by atoms with E-state index in [-0.39, 0.29) is 23.4 Å². The number of nitrogens with one attached hydrogen (secondary N) is 3. The highest BCUT2D eigenvalue weighted by Gasteiger charge is 2.15. The summed E-state index contributed by atoms with van der Waals surface area (Å²) in [4.78, 5) is 37.7. The second-order valence-electron chi connectivity index (χ2n) is 6.67. The summed E-state index contributed by atoms with van der Waals surface area (Å²) in [7, 11) is 0. The molecule has 2 aromatic carbocycles. The summed E-state index contributed by atoms with van der Waals surface area (Å²) in [6, 6.07) is 11.0. The standard InChI is InChI=1S/C21H26ClN5O3S/c1-4-26(5-2)13-20(29)25-19-11-10-17(12-18(19)22)27(31)21(30)24-16-8-6-15(7-9-16)23-14(3)28/h6-12,31H,4-5,13H2,1-3H3,(H,23,28)(H,24,30)(H,25,29). The van der Waals surface area contributed by atoms with Crippen molar-refractivity contribution in [1.29, 1.82) is 0 Å². The third-order valence-corrected chi connectivity index (χ3v) is 5.11. The van der Waals surface area contributed by atoms with Crippen molar-refractivity contribution in [2.75, 3.05) is 39.9 Å². The Morgan fingerprint density at radius 1 is 0.935 bits per heavy atom. The molecule has 2 rings (SSSR count). The van der Waals surface area contributed by atoms with E-state index < -0.39 is 6.03 Å². The number of amides is 4. The van der Waals surface area contributed by atoms with Crippen molar-refractivity contribution in [2.24, 2.45) is 0 Å². The minimum absolute atomic E-state index is 0.165. The molecule has 166 valence electrons. The number of anilines is 4. The number of nitrogens with zero attached hydrogens (tertiary/aromatic N) is 2. The quantitative estimate of drug-likeness (QED) is 0.435. The van der Waals surface area contributed by atoms with Crippen LogP contribution < -0.4 is 20.3 Å². The number of hydrogen-bond acceptors (Lipinski definition) is 5. The Hall–Kier alpha value is -2.75. The number of hydrogen-bond donors (Lipinski definition) is 4. The number of likely N-dealkylation sites (N-methyl/N-ethyl adjacent to an activating group) is 1. The minimum Gasteiger partial charge on any atom is -0.326 e. The van der Waals surface area contributed by atoms with Crippen molar-refractivity contribution in [3.63, 3.8) is 0 Å². The lowest BCUT2D eigenvalue weighted by atomic mass is 10.2. The van der Waals surface area contributed by atoms with Crippen LogP contribution in [0.4, 0.5) is 27.5 Å². The van der Waals surface area contributed by atoms with Crippen molar-refractivity contribution >= 4 is 65.0 Å². The van der Waals surface area contributed by atoms with Crippen LogP contribution in [-0.2, 0) is 9.59 Å². The summed E-state index contributed by atoms with van der Waals surface area (Å²) in [5.74, 6) is -0.343. The third-order valence-electron chi connectivity index (χ3n) is 4.38. The van der Waals surface area contributed by atoms with Crippen LogP contribution in [0.5, 0.6) is 0 Å². The third kappa shape index (κ3) is 7.46. The maximum absolute atomic E-state index is 12.5. The minimum atomic E-state index is -0.495. The summed E-state index contributed by atoms with van der Waals surface area (Å²) < 4.78 is 1.11. The average Bonchev–Trinajstić information content (AvgIpc) is 2.73. The van der Waals surface area contributed by atoms with Crippen molar-refractivity contribution < 1.29 is 14.4 Å². The topological polar surface area (TPSA) is 93.8 Å². The van der Waals surface area contributed by atoms with Gasteiger partial charge in [0.2, 0.25) is 11.8 Å². The van der Waals surface area contributed by atoms with Crippen LogP contribution in [0.15, 0.2) is 42.5 Å². The Morgan fingerprint density at radius 3 is 2.03 bits per heavy atom. The molecule has 4 amide bonds. The number of halogens is 1. The van der Waals surface area contributed by atoms with E-state index in [1.807, 2.05) is 18.7 Å². The van der Waals surface area contributed by atoms with Crippen LogP contribution in [0, 0.1) is 0 Å². The lowest BCUT2D eigenvalue weighted by molar-refractivity contribution is -0.117. The molecular weight excluding hydrogens is 438 g/mol. The number of carbonyl (C=O) groups is 3. The van der Waals surface area contributed by atoms with Gasteiger partial charge in [-0.15, -0.1) is 0 Å². The summed E-state index contributed by atoms with van der Waals surface area (Å²) in [6.07, 6.45) is 0. The maximum atomic E-state index is 12.5. The van der Waals surface area contributed by atoms with E-state index in [9.17, 15) is 14.4 Å². The molecule has 0 aliphatic heterocycles. The first-order valence-corrected chi connectivity index (χ1v) is 10.5. The van der Waals surface area contributed by atoms with E-state index in [4.69, 9.17) is 11.6 Å². The molecule has 0 fully saturated rings. The van der Waals surface area contributed by atoms with Gasteiger partial charge in [0.05, 0.1) is 22.9 Å². The fourth-order valence-electron chi connectivity index (χ4n) is 2.71. The van der Waals surface area contributed by atoms with Crippen LogP contribution in [0.2, 0.25) is 5.02 Å². The van der Waals surface area contributed by atoms with Gasteiger partial charge in [0.1, 0.15) is 0 Å². The molecule has 0 bridgehead atoms. The second-order valence-corrected chi connectivity index (χ2v) is 7.48. The largest absolute Gasteiger partial charge is 0.336 e. The molecule has 0 atom stereocenters. The molecule has 8 nitrogen and oxygen atoms in total. The number of urea groups is 1. The molecule has 0 heterocycles. The molecule has 2 aromatic rings. The van der Waals surface area contributed by atoms with E-state index in [1.54, 1.807) is 42.5 Å². The lowest BCUT2D eigenvalue weighted by Crippen LogP contribution is -2.33. The van der Waals surface area contributed by atoms with Gasteiger partial charge >= 0.3 is 6.03 Å². The van der Waals surface area contributed by atoms with Crippen LogP contribution in [0.25, 0.3) is 0 Å². The van der Waals surface area contributed by atoms with Crippen LogP contribution >= 0.6 is 24.4 Å². The van der Waals surface area contributed by atoms with E-state index in [0.717, 1.165) is 17.4 Å². The number of rotatable bonds is 8. The Kier molecular flexibility index (Phi) is 9.17. The molecule has 0 spiro atoms. The fraction of sp³-hybridized carbons (Fsp3) is 0.286. The Labute approximate surface area is 192 Å². The number of thiol groups is 1. The zero-order chi connectivity index (χ0) is 23.0. The molecule has 0 saturated heterocycles. The normalized spacial score (nSPS) is 10.5. The highest BCUT2D eigenvalue weighted by atomic mass is 35.5. The van der Waals surface area contributed by atoms with Gasteiger partial charge in [-0.2, -0.15) is 0 Å². The summed E-state index contributed by atoms with van der Waals surface area (Å²) >= 11 is 10.5. The smallest absolute Gasteiger partial charge is 0.326 e. The van der Waals surface area contributed by atoms with E-state index >= 15 is 0 Å². The lowest BCUT2D eigenvalue weighted by Gasteiger charge is -2.19. The van der Waals surface area contributed by atoms with Gasteiger partial charge in [-0.05, 0) is 55.6 Å². The molecule has 0 radical (unpaired) electrons. The van der Waals surface area contributed by atoms with E-state index in [1.165, 1.54) is 6.92 Å². The average molecular weight is 464 g/mol.